The van der Waals surface area contributed by atoms with Gasteiger partial charge in [-0.05, 0) is 61.5 Å². The van der Waals surface area contributed by atoms with Crippen LogP contribution in [0.3, 0.4) is 0 Å². The monoisotopic (exact) mass is 501 g/mol. The van der Waals surface area contributed by atoms with E-state index >= 15 is 0 Å². The Bertz CT molecular complexity index is 889. The lowest BCUT2D eigenvalue weighted by Gasteiger charge is -2.36. The van der Waals surface area contributed by atoms with Gasteiger partial charge in [0.1, 0.15) is 6.10 Å². The molecule has 0 aromatic heterocycles. The Hall–Kier alpha value is -1.92. The number of hydrogen-bond donors (Lipinski definition) is 0. The normalized spacial score (nSPS) is 17.6. The number of esters is 1. The molecule has 5 nitrogen and oxygen atoms in total. The molecule has 1 heterocycles. The highest BCUT2D eigenvalue weighted by molar-refractivity contribution is 6.74. The Kier molecular flexibility index (Phi) is 10.3. The lowest BCUT2D eigenvalue weighted by Crippen LogP contribution is -2.42. The van der Waals surface area contributed by atoms with Gasteiger partial charge in [-0.2, -0.15) is 0 Å². The van der Waals surface area contributed by atoms with Gasteiger partial charge in [0, 0.05) is 31.7 Å². The number of carbonyl (C=O) groups is 2. The van der Waals surface area contributed by atoms with E-state index in [9.17, 15) is 9.59 Å². The molecule has 1 aliphatic heterocycles. The van der Waals surface area contributed by atoms with Crippen LogP contribution in [0, 0.1) is 5.92 Å². The predicted octanol–water partition coefficient (Wildman–Crippen LogP) is 7.23. The fraction of sp³-hybridized carbons (Fsp3) is 0.655. The van der Waals surface area contributed by atoms with Gasteiger partial charge in [0.25, 0.3) is 0 Å². The number of amides is 1. The minimum atomic E-state index is -1.82. The summed E-state index contributed by atoms with van der Waals surface area (Å²) in [4.78, 5) is 27.5. The summed E-state index contributed by atoms with van der Waals surface area (Å²) in [6.07, 6.45) is 4.20. The van der Waals surface area contributed by atoms with Crippen LogP contribution in [0.5, 0.6) is 0 Å². The molecule has 0 saturated heterocycles. The minimum Gasteiger partial charge on any atom is -0.457 e. The molecule has 6 heteroatoms. The van der Waals surface area contributed by atoms with Crippen LogP contribution in [0.2, 0.25) is 18.1 Å². The molecule has 0 aliphatic carbocycles. The second kappa shape index (κ2) is 12.4. The van der Waals surface area contributed by atoms with Crippen LogP contribution in [0.25, 0.3) is 0 Å². The van der Waals surface area contributed by atoms with E-state index in [0.717, 1.165) is 43.4 Å². The van der Waals surface area contributed by atoms with E-state index in [4.69, 9.17) is 9.16 Å². The Morgan fingerprint density at radius 1 is 1.20 bits per heavy atom. The molecule has 0 bridgehead atoms. The van der Waals surface area contributed by atoms with Crippen molar-refractivity contribution in [3.63, 3.8) is 0 Å². The van der Waals surface area contributed by atoms with Crippen LogP contribution in [-0.4, -0.2) is 39.4 Å². The molecule has 35 heavy (non-hydrogen) atoms. The number of para-hydroxylation sites is 1. The first-order valence-electron chi connectivity index (χ1n) is 13.2. The average molecular weight is 502 g/mol. The maximum absolute atomic E-state index is 13.7. The van der Waals surface area contributed by atoms with Crippen molar-refractivity contribution in [2.45, 2.75) is 104 Å². The number of benzene rings is 1. The molecule has 1 aliphatic rings. The zero-order valence-corrected chi connectivity index (χ0v) is 24.3. The van der Waals surface area contributed by atoms with Crippen molar-refractivity contribution in [3.05, 3.63) is 42.0 Å². The highest BCUT2D eigenvalue weighted by Crippen LogP contribution is 2.41. The lowest BCUT2D eigenvalue weighted by molar-refractivity contribution is -0.148. The number of rotatable bonds is 12. The molecule has 196 valence electrons. The van der Waals surface area contributed by atoms with Crippen molar-refractivity contribution in [3.8, 4) is 0 Å². The van der Waals surface area contributed by atoms with Gasteiger partial charge in [0.2, 0.25) is 5.91 Å². The first-order chi connectivity index (χ1) is 16.3. The number of carbonyl (C=O) groups excluding carboxylic acids is 2. The van der Waals surface area contributed by atoms with Crippen LogP contribution < -0.4 is 4.90 Å². The van der Waals surface area contributed by atoms with Gasteiger partial charge >= 0.3 is 5.97 Å². The van der Waals surface area contributed by atoms with E-state index in [1.807, 2.05) is 30.0 Å². The zero-order chi connectivity index (χ0) is 26.4. The van der Waals surface area contributed by atoms with Crippen LogP contribution in [0.15, 0.2) is 36.4 Å². The number of hydrogen-bond acceptors (Lipinski definition) is 4. The summed E-state index contributed by atoms with van der Waals surface area (Å²) < 4.78 is 12.1. The quantitative estimate of drug-likeness (QED) is 0.131. The SMILES string of the molecule is C=C(CCCCC)[C@@H](OC(C)=O)[C@H](C)C(=O)N1C[C@@H](CCO[Si](C)(C)C(C)(C)C)c2ccccc21. The molecular weight excluding hydrogens is 454 g/mol. The van der Waals surface area contributed by atoms with Gasteiger partial charge in [0.05, 0.1) is 5.92 Å². The molecule has 0 N–H and O–H groups in total. The fourth-order valence-electron chi connectivity index (χ4n) is 4.46. The predicted molar refractivity (Wildman–Crippen MR) is 147 cm³/mol. The number of anilines is 1. The van der Waals surface area contributed by atoms with Crippen molar-refractivity contribution >= 4 is 25.9 Å². The maximum Gasteiger partial charge on any atom is 0.303 e. The number of fused-ring (bicyclic) bond motifs is 1. The van der Waals surface area contributed by atoms with E-state index < -0.39 is 20.3 Å². The number of ether oxygens (including phenoxy) is 1. The summed E-state index contributed by atoms with van der Waals surface area (Å²) in [5.41, 5.74) is 2.97. The largest absolute Gasteiger partial charge is 0.457 e. The lowest BCUT2D eigenvalue weighted by atomic mass is 9.93. The van der Waals surface area contributed by atoms with Crippen molar-refractivity contribution in [1.82, 2.24) is 0 Å². The zero-order valence-electron chi connectivity index (χ0n) is 23.3. The molecule has 1 aromatic carbocycles. The Labute approximate surface area is 214 Å². The Balaban J connectivity index is 2.16. The Morgan fingerprint density at radius 3 is 2.46 bits per heavy atom. The first-order valence-corrected chi connectivity index (χ1v) is 16.1. The summed E-state index contributed by atoms with van der Waals surface area (Å²) in [6, 6.07) is 8.16. The van der Waals surface area contributed by atoms with E-state index in [2.05, 4.69) is 53.4 Å². The minimum absolute atomic E-state index is 0.0202. The van der Waals surface area contributed by atoms with Crippen LogP contribution >= 0.6 is 0 Å². The number of unbranched alkanes of at least 4 members (excludes halogenated alkanes) is 2. The van der Waals surface area contributed by atoms with Crippen LogP contribution in [-0.2, 0) is 18.8 Å². The van der Waals surface area contributed by atoms with Gasteiger partial charge in [-0.25, -0.2) is 0 Å². The third-order valence-electron chi connectivity index (χ3n) is 7.71. The van der Waals surface area contributed by atoms with E-state index in [1.165, 1.54) is 12.5 Å². The molecule has 0 fully saturated rings. The highest BCUT2D eigenvalue weighted by Gasteiger charge is 2.40. The summed E-state index contributed by atoms with van der Waals surface area (Å²) in [7, 11) is -1.82. The summed E-state index contributed by atoms with van der Waals surface area (Å²) in [5.74, 6) is -0.669. The average Bonchev–Trinajstić information content (AvgIpc) is 3.14. The van der Waals surface area contributed by atoms with Crippen molar-refractivity contribution in [2.24, 2.45) is 5.92 Å². The summed E-state index contributed by atoms with van der Waals surface area (Å²) in [6.45, 7) is 22.2. The molecule has 0 saturated carbocycles. The molecule has 3 atom stereocenters. The second-order valence-corrected chi connectivity index (χ2v) is 16.3. The van der Waals surface area contributed by atoms with Crippen molar-refractivity contribution in [2.75, 3.05) is 18.1 Å². The first kappa shape index (κ1) is 29.3. The second-order valence-electron chi connectivity index (χ2n) is 11.5. The van der Waals surface area contributed by atoms with Gasteiger partial charge < -0.3 is 14.1 Å². The third-order valence-corrected chi connectivity index (χ3v) is 12.3. The van der Waals surface area contributed by atoms with Gasteiger partial charge in [-0.15, -0.1) is 0 Å². The Morgan fingerprint density at radius 2 is 1.86 bits per heavy atom. The molecule has 1 amide bonds. The van der Waals surface area contributed by atoms with Gasteiger partial charge in [-0.3, -0.25) is 9.59 Å². The maximum atomic E-state index is 13.7. The van der Waals surface area contributed by atoms with Gasteiger partial charge in [0.15, 0.2) is 8.32 Å². The van der Waals surface area contributed by atoms with Crippen molar-refractivity contribution < 1.29 is 18.8 Å². The third kappa shape index (κ3) is 7.53. The van der Waals surface area contributed by atoms with Crippen LogP contribution in [0.1, 0.15) is 85.1 Å². The van der Waals surface area contributed by atoms with E-state index in [0.29, 0.717) is 13.2 Å². The van der Waals surface area contributed by atoms with E-state index in [-0.39, 0.29) is 22.8 Å². The topological polar surface area (TPSA) is 55.8 Å². The summed E-state index contributed by atoms with van der Waals surface area (Å²) >= 11 is 0. The number of nitrogens with zero attached hydrogens (tertiary/aromatic N) is 1. The van der Waals surface area contributed by atoms with Crippen LogP contribution in [0.4, 0.5) is 5.69 Å². The molecule has 0 spiro atoms. The molecular formula is C29H47NO4Si. The van der Waals surface area contributed by atoms with Gasteiger partial charge in [-0.1, -0.05) is 65.3 Å². The smallest absolute Gasteiger partial charge is 0.303 e. The molecule has 0 unspecified atom stereocenters. The highest BCUT2D eigenvalue weighted by atomic mass is 28.4. The standard InChI is InChI=1S/C29H47NO4Si/c1-10-11-12-15-21(2)27(34-23(4)31)22(3)28(32)30-20-24(25-16-13-14-17-26(25)30)18-19-33-35(8,9)29(5,6)7/h13-14,16-17,22,24,27H,2,10-12,15,18-20H2,1,3-9H3/t22-,24+,27+/m0/s1. The summed E-state index contributed by atoms with van der Waals surface area (Å²) in [5, 5.41) is 0.170. The molecule has 0 radical (unpaired) electrons. The molecule has 1 aromatic rings. The van der Waals surface area contributed by atoms with Crippen molar-refractivity contribution in [1.29, 1.82) is 0 Å². The molecule has 2 rings (SSSR count). The fourth-order valence-corrected chi connectivity index (χ4v) is 5.52. The van der Waals surface area contributed by atoms with E-state index in [1.54, 1.807) is 0 Å².